The first kappa shape index (κ1) is 13.6. The fraction of sp³-hybridized carbons (Fsp3) is 0.562. The van der Waals surface area contributed by atoms with Crippen LogP contribution in [-0.4, -0.2) is 32.3 Å². The molecule has 2 heterocycles. The van der Waals surface area contributed by atoms with E-state index >= 15 is 0 Å². The van der Waals surface area contributed by atoms with Crippen LogP contribution in [0.5, 0.6) is 0 Å². The number of hydrogen-bond donors (Lipinski definition) is 1. The van der Waals surface area contributed by atoms with Gasteiger partial charge in [0.1, 0.15) is 6.23 Å². The second kappa shape index (κ2) is 5.19. The molecule has 108 valence electrons. The van der Waals surface area contributed by atoms with Crippen LogP contribution in [0.2, 0.25) is 0 Å². The predicted octanol–water partition coefficient (Wildman–Crippen LogP) is 2.04. The maximum atomic E-state index is 13.1. The lowest BCUT2D eigenvalue weighted by Gasteiger charge is -2.34. The van der Waals surface area contributed by atoms with Crippen LogP contribution in [-0.2, 0) is 14.9 Å². The summed E-state index contributed by atoms with van der Waals surface area (Å²) in [6.45, 7) is 3.78. The molecule has 1 aromatic rings. The first-order valence-electron chi connectivity index (χ1n) is 7.41. The number of hydrogen-bond acceptors (Lipinski definition) is 3. The molecule has 1 amide bonds. The molecule has 3 rings (SSSR count). The van der Waals surface area contributed by atoms with Gasteiger partial charge in [-0.3, -0.25) is 9.69 Å². The number of rotatable bonds is 3. The summed E-state index contributed by atoms with van der Waals surface area (Å²) in [4.78, 5) is 15.0. The van der Waals surface area contributed by atoms with Gasteiger partial charge in [-0.15, -0.1) is 0 Å². The quantitative estimate of drug-likeness (QED) is 0.917. The third kappa shape index (κ3) is 1.79. The molecule has 1 N–H and O–H groups in total. The molecule has 1 aromatic carbocycles. The van der Waals surface area contributed by atoms with E-state index in [2.05, 4.69) is 11.4 Å². The average molecular weight is 274 g/mol. The first-order valence-corrected chi connectivity index (χ1v) is 7.41. The third-order valence-corrected chi connectivity index (χ3v) is 4.60. The van der Waals surface area contributed by atoms with E-state index < -0.39 is 0 Å². The van der Waals surface area contributed by atoms with Gasteiger partial charge in [-0.25, -0.2) is 0 Å². The molecule has 0 bridgehead atoms. The molecule has 2 unspecified atom stereocenters. The largest absolute Gasteiger partial charge is 0.361 e. The molecule has 0 radical (unpaired) electrons. The number of amides is 1. The molecule has 0 aliphatic carbocycles. The van der Waals surface area contributed by atoms with Crippen molar-refractivity contribution in [3.05, 3.63) is 29.8 Å². The Hall–Kier alpha value is -1.39. The zero-order valence-corrected chi connectivity index (χ0v) is 12.2. The number of benzene rings is 1. The van der Waals surface area contributed by atoms with Gasteiger partial charge in [-0.1, -0.05) is 25.1 Å². The summed E-state index contributed by atoms with van der Waals surface area (Å²) >= 11 is 0. The van der Waals surface area contributed by atoms with Gasteiger partial charge in [0.2, 0.25) is 5.91 Å². The van der Waals surface area contributed by atoms with Crippen LogP contribution >= 0.6 is 0 Å². The van der Waals surface area contributed by atoms with E-state index in [1.165, 1.54) is 0 Å². The Bertz CT molecular complexity index is 505. The molecule has 2 atom stereocenters. The Morgan fingerprint density at radius 2 is 2.25 bits per heavy atom. The number of methoxy groups -OCH3 is 1. The fourth-order valence-electron chi connectivity index (χ4n) is 3.60. The smallest absolute Gasteiger partial charge is 0.241 e. The molecule has 2 aliphatic heterocycles. The van der Waals surface area contributed by atoms with Crippen molar-refractivity contribution in [2.45, 2.75) is 37.8 Å². The van der Waals surface area contributed by atoms with Gasteiger partial charge in [-0.05, 0) is 37.4 Å². The van der Waals surface area contributed by atoms with Gasteiger partial charge < -0.3 is 10.1 Å². The van der Waals surface area contributed by atoms with Crippen LogP contribution in [0.1, 0.15) is 31.7 Å². The van der Waals surface area contributed by atoms with E-state index in [4.69, 9.17) is 4.74 Å². The maximum absolute atomic E-state index is 13.1. The number of para-hydroxylation sites is 1. The first-order chi connectivity index (χ1) is 9.74. The minimum atomic E-state index is -0.388. The molecule has 0 saturated carbocycles. The van der Waals surface area contributed by atoms with Crippen LogP contribution in [0.3, 0.4) is 0 Å². The summed E-state index contributed by atoms with van der Waals surface area (Å²) in [5.41, 5.74) is 1.79. The minimum Gasteiger partial charge on any atom is -0.361 e. The predicted molar refractivity (Wildman–Crippen MR) is 78.8 cm³/mol. The average Bonchev–Trinajstić information content (AvgIpc) is 2.73. The van der Waals surface area contributed by atoms with E-state index in [9.17, 15) is 4.79 Å². The minimum absolute atomic E-state index is 0.176. The summed E-state index contributed by atoms with van der Waals surface area (Å²) in [5.74, 6) is 0.194. The third-order valence-electron chi connectivity index (χ3n) is 4.60. The summed E-state index contributed by atoms with van der Waals surface area (Å²) in [7, 11) is 1.67. The number of nitrogens with one attached hydrogen (secondary N) is 1. The normalized spacial score (nSPS) is 26.9. The van der Waals surface area contributed by atoms with Crippen molar-refractivity contribution >= 4 is 11.6 Å². The number of piperidine rings is 1. The lowest BCUT2D eigenvalue weighted by atomic mass is 9.76. The zero-order chi connectivity index (χ0) is 14.2. The summed E-state index contributed by atoms with van der Waals surface area (Å²) in [6, 6.07) is 8.16. The summed E-state index contributed by atoms with van der Waals surface area (Å²) in [5, 5.41) is 3.40. The molecule has 2 aliphatic rings. The Labute approximate surface area is 120 Å². The van der Waals surface area contributed by atoms with Crippen molar-refractivity contribution < 1.29 is 9.53 Å². The molecule has 20 heavy (non-hydrogen) atoms. The topological polar surface area (TPSA) is 41.6 Å². The lowest BCUT2D eigenvalue weighted by Crippen LogP contribution is -2.52. The molecule has 4 heteroatoms. The molecular weight excluding hydrogens is 252 g/mol. The second-order valence-electron chi connectivity index (χ2n) is 5.65. The SMILES string of the molecule is CCC(OC)N1C(=O)C2(CCCNC2)c2ccccc21. The molecular formula is C16H22N2O2. The number of carbonyl (C=O) groups excluding carboxylic acids is 1. The number of carbonyl (C=O) groups is 1. The highest BCUT2D eigenvalue weighted by molar-refractivity contribution is 6.08. The molecule has 1 saturated heterocycles. The number of anilines is 1. The standard InChI is InChI=1S/C16H22N2O2/c1-3-14(20-2)18-13-8-5-4-7-12(13)16(15(18)19)9-6-10-17-11-16/h4-5,7-8,14,17H,3,6,9-11H2,1-2H3. The van der Waals surface area contributed by atoms with E-state index in [1.807, 2.05) is 30.0 Å². The van der Waals surface area contributed by atoms with Crippen LogP contribution in [0.15, 0.2) is 24.3 Å². The van der Waals surface area contributed by atoms with E-state index in [1.54, 1.807) is 7.11 Å². The van der Waals surface area contributed by atoms with Gasteiger partial charge in [0.25, 0.3) is 0 Å². The van der Waals surface area contributed by atoms with E-state index in [0.717, 1.165) is 43.6 Å². The van der Waals surface area contributed by atoms with Crippen molar-refractivity contribution in [3.63, 3.8) is 0 Å². The Kier molecular flexibility index (Phi) is 3.52. The maximum Gasteiger partial charge on any atom is 0.241 e. The second-order valence-corrected chi connectivity index (χ2v) is 5.65. The van der Waals surface area contributed by atoms with Gasteiger partial charge in [0.15, 0.2) is 0 Å². The van der Waals surface area contributed by atoms with E-state index in [-0.39, 0.29) is 17.6 Å². The Balaban J connectivity index is 2.09. The lowest BCUT2D eigenvalue weighted by molar-refractivity contribution is -0.126. The number of fused-ring (bicyclic) bond motifs is 2. The van der Waals surface area contributed by atoms with Crippen molar-refractivity contribution in [3.8, 4) is 0 Å². The van der Waals surface area contributed by atoms with Crippen molar-refractivity contribution in [1.29, 1.82) is 0 Å². The van der Waals surface area contributed by atoms with Gasteiger partial charge in [0.05, 0.1) is 11.1 Å². The summed E-state index contributed by atoms with van der Waals surface area (Å²) in [6.07, 6.45) is 2.58. The van der Waals surface area contributed by atoms with Crippen LogP contribution < -0.4 is 10.2 Å². The van der Waals surface area contributed by atoms with Gasteiger partial charge in [0, 0.05) is 13.7 Å². The molecule has 1 fully saturated rings. The molecule has 4 nitrogen and oxygen atoms in total. The van der Waals surface area contributed by atoms with Crippen molar-refractivity contribution in [1.82, 2.24) is 5.32 Å². The fourth-order valence-corrected chi connectivity index (χ4v) is 3.60. The van der Waals surface area contributed by atoms with Crippen LogP contribution in [0.25, 0.3) is 0 Å². The highest BCUT2D eigenvalue weighted by atomic mass is 16.5. The van der Waals surface area contributed by atoms with Crippen LogP contribution in [0, 0.1) is 0 Å². The summed E-state index contributed by atoms with van der Waals surface area (Å²) < 4.78 is 5.53. The van der Waals surface area contributed by atoms with Crippen LogP contribution in [0.4, 0.5) is 5.69 Å². The number of ether oxygens (including phenoxy) is 1. The van der Waals surface area contributed by atoms with Gasteiger partial charge in [-0.2, -0.15) is 0 Å². The van der Waals surface area contributed by atoms with Crippen molar-refractivity contribution in [2.24, 2.45) is 0 Å². The Morgan fingerprint density at radius 3 is 2.90 bits per heavy atom. The van der Waals surface area contributed by atoms with E-state index in [0.29, 0.717) is 0 Å². The highest BCUT2D eigenvalue weighted by Crippen LogP contribution is 2.46. The Morgan fingerprint density at radius 1 is 1.45 bits per heavy atom. The number of nitrogens with zero attached hydrogens (tertiary/aromatic N) is 1. The monoisotopic (exact) mass is 274 g/mol. The van der Waals surface area contributed by atoms with Gasteiger partial charge >= 0.3 is 0 Å². The molecule has 1 spiro atoms. The highest BCUT2D eigenvalue weighted by Gasteiger charge is 2.52. The zero-order valence-electron chi connectivity index (χ0n) is 12.2. The molecule has 0 aromatic heterocycles. The van der Waals surface area contributed by atoms with Crippen molar-refractivity contribution in [2.75, 3.05) is 25.1 Å².